The van der Waals surface area contributed by atoms with Gasteiger partial charge in [0.2, 0.25) is 5.91 Å². The van der Waals surface area contributed by atoms with E-state index in [9.17, 15) is 4.79 Å². The largest absolute Gasteiger partial charge is 0.467 e. The summed E-state index contributed by atoms with van der Waals surface area (Å²) in [6.07, 6.45) is 5.45. The highest BCUT2D eigenvalue weighted by molar-refractivity contribution is 5.79. The van der Waals surface area contributed by atoms with E-state index in [1.54, 1.807) is 17.1 Å². The molecule has 0 aliphatic heterocycles. The first-order chi connectivity index (χ1) is 13.3. The van der Waals surface area contributed by atoms with E-state index < -0.39 is 0 Å². The van der Waals surface area contributed by atoms with Gasteiger partial charge < -0.3 is 9.73 Å². The highest BCUT2D eigenvalue weighted by Gasteiger charge is 2.19. The zero-order chi connectivity index (χ0) is 18.5. The Morgan fingerprint density at radius 3 is 2.44 bits per heavy atom. The van der Waals surface area contributed by atoms with Crippen LogP contribution in [-0.4, -0.2) is 15.7 Å². The first-order valence-electron chi connectivity index (χ1n) is 8.76. The average molecular weight is 357 g/mol. The molecular formula is C22H19N3O2. The number of carbonyl (C=O) groups is 1. The van der Waals surface area contributed by atoms with E-state index in [1.165, 1.54) is 0 Å². The number of hydrogen-bond donors (Lipinski definition) is 1. The van der Waals surface area contributed by atoms with Crippen LogP contribution in [0.15, 0.2) is 95.9 Å². The maximum absolute atomic E-state index is 12.6. The standard InChI is InChI=1S/C22H19N3O2/c26-21(14-17-15-23-25(16-17)19-10-5-2-6-11-19)24-22(20-12-7-13-27-20)18-8-3-1-4-9-18/h1-13,15-16,22H,14H2,(H,24,26). The minimum Gasteiger partial charge on any atom is -0.467 e. The fraction of sp³-hybridized carbons (Fsp3) is 0.0909. The zero-order valence-electron chi connectivity index (χ0n) is 14.7. The first kappa shape index (κ1) is 16.8. The number of rotatable bonds is 6. The molecule has 27 heavy (non-hydrogen) atoms. The topological polar surface area (TPSA) is 60.1 Å². The number of nitrogens with zero attached hydrogens (tertiary/aromatic N) is 2. The van der Waals surface area contributed by atoms with E-state index in [1.807, 2.05) is 79.0 Å². The molecule has 2 aromatic carbocycles. The number of nitrogens with one attached hydrogen (secondary N) is 1. The second kappa shape index (κ2) is 7.74. The van der Waals surface area contributed by atoms with Crippen LogP contribution >= 0.6 is 0 Å². The molecule has 4 aromatic rings. The highest BCUT2D eigenvalue weighted by Crippen LogP contribution is 2.22. The van der Waals surface area contributed by atoms with Crippen molar-refractivity contribution in [3.05, 3.63) is 108 Å². The van der Waals surface area contributed by atoms with Crippen LogP contribution in [0.2, 0.25) is 0 Å². The summed E-state index contributed by atoms with van der Waals surface area (Å²) in [6.45, 7) is 0. The van der Waals surface area contributed by atoms with Crippen LogP contribution < -0.4 is 5.32 Å². The lowest BCUT2D eigenvalue weighted by atomic mass is 10.0. The molecule has 1 amide bonds. The number of hydrogen-bond acceptors (Lipinski definition) is 3. The molecular weight excluding hydrogens is 338 g/mol. The summed E-state index contributed by atoms with van der Waals surface area (Å²) >= 11 is 0. The predicted molar refractivity (Wildman–Crippen MR) is 102 cm³/mol. The Bertz CT molecular complexity index is 993. The molecule has 0 fully saturated rings. The second-order valence-electron chi connectivity index (χ2n) is 6.23. The molecule has 0 aliphatic carbocycles. The first-order valence-corrected chi connectivity index (χ1v) is 8.76. The van der Waals surface area contributed by atoms with Crippen molar-refractivity contribution >= 4 is 5.91 Å². The molecule has 0 saturated carbocycles. The van der Waals surface area contributed by atoms with Crippen molar-refractivity contribution in [3.63, 3.8) is 0 Å². The van der Waals surface area contributed by atoms with E-state index in [0.717, 1.165) is 16.8 Å². The fourth-order valence-corrected chi connectivity index (χ4v) is 2.99. The number of para-hydroxylation sites is 1. The Morgan fingerprint density at radius 1 is 1.00 bits per heavy atom. The maximum atomic E-state index is 12.6. The molecule has 0 aliphatic rings. The van der Waals surface area contributed by atoms with Crippen molar-refractivity contribution < 1.29 is 9.21 Å². The fourth-order valence-electron chi connectivity index (χ4n) is 2.99. The highest BCUT2D eigenvalue weighted by atomic mass is 16.3. The molecule has 1 unspecified atom stereocenters. The van der Waals surface area contributed by atoms with Crippen molar-refractivity contribution in [2.24, 2.45) is 0 Å². The number of furan rings is 1. The third kappa shape index (κ3) is 3.98. The van der Waals surface area contributed by atoms with E-state index in [0.29, 0.717) is 5.76 Å². The number of aromatic nitrogens is 2. The van der Waals surface area contributed by atoms with Gasteiger partial charge in [-0.3, -0.25) is 4.79 Å². The zero-order valence-corrected chi connectivity index (χ0v) is 14.7. The molecule has 0 saturated heterocycles. The molecule has 1 atom stereocenters. The summed E-state index contributed by atoms with van der Waals surface area (Å²) in [4.78, 5) is 12.6. The molecule has 5 nitrogen and oxygen atoms in total. The lowest BCUT2D eigenvalue weighted by Gasteiger charge is -2.17. The lowest BCUT2D eigenvalue weighted by Crippen LogP contribution is -2.30. The molecule has 0 bridgehead atoms. The molecule has 1 N–H and O–H groups in total. The third-order valence-electron chi connectivity index (χ3n) is 4.29. The molecule has 0 spiro atoms. The van der Waals surface area contributed by atoms with Crippen molar-refractivity contribution in [2.75, 3.05) is 0 Å². The van der Waals surface area contributed by atoms with Gasteiger partial charge in [-0.25, -0.2) is 4.68 Å². The summed E-state index contributed by atoms with van der Waals surface area (Å²) in [7, 11) is 0. The van der Waals surface area contributed by atoms with E-state index in [4.69, 9.17) is 4.42 Å². The Morgan fingerprint density at radius 2 is 1.74 bits per heavy atom. The van der Waals surface area contributed by atoms with Crippen molar-refractivity contribution in [1.29, 1.82) is 0 Å². The average Bonchev–Trinajstić information content (AvgIpc) is 3.40. The van der Waals surface area contributed by atoms with Gasteiger partial charge in [0.05, 0.1) is 24.6 Å². The quantitative estimate of drug-likeness (QED) is 0.569. The van der Waals surface area contributed by atoms with Crippen molar-refractivity contribution in [3.8, 4) is 5.69 Å². The van der Waals surface area contributed by atoms with Crippen LogP contribution in [0.25, 0.3) is 5.69 Å². The van der Waals surface area contributed by atoms with Gasteiger partial charge in [0.25, 0.3) is 0 Å². The second-order valence-corrected chi connectivity index (χ2v) is 6.23. The Hall–Kier alpha value is -3.60. The SMILES string of the molecule is O=C(Cc1cnn(-c2ccccc2)c1)NC(c1ccccc1)c1ccco1. The van der Waals surface area contributed by atoms with Crippen molar-refractivity contribution in [2.45, 2.75) is 12.5 Å². The van der Waals surface area contributed by atoms with Crippen LogP contribution in [0, 0.1) is 0 Å². The molecule has 4 rings (SSSR count). The van der Waals surface area contributed by atoms with Crippen LogP contribution in [0.1, 0.15) is 22.9 Å². The lowest BCUT2D eigenvalue weighted by molar-refractivity contribution is -0.121. The number of benzene rings is 2. The van der Waals surface area contributed by atoms with Crippen LogP contribution in [0.4, 0.5) is 0 Å². The molecule has 2 heterocycles. The smallest absolute Gasteiger partial charge is 0.225 e. The van der Waals surface area contributed by atoms with Gasteiger partial charge in [-0.15, -0.1) is 0 Å². The van der Waals surface area contributed by atoms with Crippen molar-refractivity contribution in [1.82, 2.24) is 15.1 Å². The Balaban J connectivity index is 1.49. The summed E-state index contributed by atoms with van der Waals surface area (Å²) < 4.78 is 7.30. The Labute approximate surface area is 157 Å². The normalized spacial score (nSPS) is 11.9. The third-order valence-corrected chi connectivity index (χ3v) is 4.29. The van der Waals surface area contributed by atoms with Crippen LogP contribution in [0.3, 0.4) is 0 Å². The summed E-state index contributed by atoms with van der Waals surface area (Å²) in [6, 6.07) is 23.0. The van der Waals surface area contributed by atoms with Gasteiger partial charge in [-0.05, 0) is 35.4 Å². The monoisotopic (exact) mass is 357 g/mol. The van der Waals surface area contributed by atoms with Gasteiger partial charge in [-0.1, -0.05) is 48.5 Å². The number of carbonyl (C=O) groups excluding carboxylic acids is 1. The predicted octanol–water partition coefficient (Wildman–Crippen LogP) is 3.91. The summed E-state index contributed by atoms with van der Waals surface area (Å²) in [5.41, 5.74) is 2.78. The van der Waals surface area contributed by atoms with E-state index in [2.05, 4.69) is 10.4 Å². The molecule has 0 radical (unpaired) electrons. The van der Waals surface area contributed by atoms with E-state index in [-0.39, 0.29) is 18.4 Å². The maximum Gasteiger partial charge on any atom is 0.225 e. The van der Waals surface area contributed by atoms with Gasteiger partial charge >= 0.3 is 0 Å². The Kier molecular flexibility index (Phi) is 4.83. The molecule has 2 aromatic heterocycles. The minimum atomic E-state index is -0.321. The van der Waals surface area contributed by atoms with Gasteiger partial charge in [-0.2, -0.15) is 5.10 Å². The van der Waals surface area contributed by atoms with Gasteiger partial charge in [0.1, 0.15) is 11.8 Å². The summed E-state index contributed by atoms with van der Waals surface area (Å²) in [5, 5.41) is 7.41. The van der Waals surface area contributed by atoms with E-state index >= 15 is 0 Å². The molecule has 5 heteroatoms. The van der Waals surface area contributed by atoms with Crippen LogP contribution in [-0.2, 0) is 11.2 Å². The van der Waals surface area contributed by atoms with Gasteiger partial charge in [0, 0.05) is 6.20 Å². The summed E-state index contributed by atoms with van der Waals surface area (Å²) in [5.74, 6) is 0.613. The molecule has 134 valence electrons. The minimum absolute atomic E-state index is 0.0899. The van der Waals surface area contributed by atoms with Crippen LogP contribution in [0.5, 0.6) is 0 Å². The van der Waals surface area contributed by atoms with Gasteiger partial charge in [0.15, 0.2) is 0 Å². The number of amides is 1.